The van der Waals surface area contributed by atoms with Gasteiger partial charge in [0, 0.05) is 18.1 Å². The van der Waals surface area contributed by atoms with E-state index in [0.29, 0.717) is 19.7 Å². The van der Waals surface area contributed by atoms with Gasteiger partial charge < -0.3 is 15.0 Å². The van der Waals surface area contributed by atoms with Crippen molar-refractivity contribution in [2.24, 2.45) is 0 Å². The highest BCUT2D eigenvalue weighted by Crippen LogP contribution is 2.29. The van der Waals surface area contributed by atoms with Crippen LogP contribution in [0.2, 0.25) is 0 Å². The molecule has 2 aromatic rings. The Hall–Kier alpha value is -1.92. The Morgan fingerprint density at radius 2 is 2.25 bits per heavy atom. The number of hydrogen-bond acceptors (Lipinski definition) is 4. The zero-order valence-electron chi connectivity index (χ0n) is 14.1. The van der Waals surface area contributed by atoms with Gasteiger partial charge in [0.2, 0.25) is 0 Å². The normalized spacial score (nSPS) is 22.2. The summed E-state index contributed by atoms with van der Waals surface area (Å²) in [7, 11) is 0. The SMILES string of the molecule is CC[C@H](NC(=O)N1CCO[C@@](C)(c2ccccc2)C1)c1nccs1. The Morgan fingerprint density at radius 1 is 1.46 bits per heavy atom. The number of morpholine rings is 1. The summed E-state index contributed by atoms with van der Waals surface area (Å²) in [6, 6.07) is 9.99. The minimum absolute atomic E-state index is 0.0386. The molecule has 1 N–H and O–H groups in total. The summed E-state index contributed by atoms with van der Waals surface area (Å²) in [6.45, 7) is 5.77. The molecule has 2 heterocycles. The van der Waals surface area contributed by atoms with Crippen molar-refractivity contribution < 1.29 is 9.53 Å². The van der Waals surface area contributed by atoms with E-state index in [0.717, 1.165) is 17.0 Å². The molecule has 1 aliphatic rings. The van der Waals surface area contributed by atoms with Crippen LogP contribution >= 0.6 is 11.3 Å². The van der Waals surface area contributed by atoms with Crippen LogP contribution in [0.5, 0.6) is 0 Å². The van der Waals surface area contributed by atoms with Gasteiger partial charge in [0.1, 0.15) is 10.6 Å². The second-order valence-corrected chi connectivity index (χ2v) is 7.07. The number of benzene rings is 1. The van der Waals surface area contributed by atoms with Gasteiger partial charge in [0.15, 0.2) is 0 Å². The van der Waals surface area contributed by atoms with Gasteiger partial charge in [-0.05, 0) is 18.9 Å². The van der Waals surface area contributed by atoms with Gasteiger partial charge in [-0.15, -0.1) is 11.3 Å². The van der Waals surface area contributed by atoms with Gasteiger partial charge in [-0.1, -0.05) is 37.3 Å². The van der Waals surface area contributed by atoms with Gasteiger partial charge in [-0.3, -0.25) is 0 Å². The van der Waals surface area contributed by atoms with Crippen molar-refractivity contribution in [1.29, 1.82) is 0 Å². The fraction of sp³-hybridized carbons (Fsp3) is 0.444. The molecule has 2 amide bonds. The van der Waals surface area contributed by atoms with Crippen molar-refractivity contribution in [3.63, 3.8) is 0 Å². The van der Waals surface area contributed by atoms with Crippen LogP contribution in [0.3, 0.4) is 0 Å². The second kappa shape index (κ2) is 7.32. The second-order valence-electron chi connectivity index (χ2n) is 6.15. The van der Waals surface area contributed by atoms with Crippen molar-refractivity contribution in [1.82, 2.24) is 15.2 Å². The first-order valence-corrected chi connectivity index (χ1v) is 9.14. The van der Waals surface area contributed by atoms with Crippen molar-refractivity contribution in [2.75, 3.05) is 19.7 Å². The molecular formula is C18H23N3O2S. The molecule has 5 nitrogen and oxygen atoms in total. The van der Waals surface area contributed by atoms with E-state index in [-0.39, 0.29) is 12.1 Å². The van der Waals surface area contributed by atoms with Crippen LogP contribution in [0.4, 0.5) is 4.79 Å². The first-order valence-electron chi connectivity index (χ1n) is 8.26. The fourth-order valence-corrected chi connectivity index (χ4v) is 3.77. The zero-order valence-corrected chi connectivity index (χ0v) is 14.9. The molecule has 0 radical (unpaired) electrons. The number of carbonyl (C=O) groups is 1. The van der Waals surface area contributed by atoms with E-state index in [4.69, 9.17) is 4.74 Å². The lowest BCUT2D eigenvalue weighted by Gasteiger charge is -2.41. The average Bonchev–Trinajstić information content (AvgIpc) is 3.15. The van der Waals surface area contributed by atoms with Crippen LogP contribution in [-0.2, 0) is 10.3 Å². The predicted molar refractivity (Wildman–Crippen MR) is 95.0 cm³/mol. The number of nitrogens with zero attached hydrogens (tertiary/aromatic N) is 2. The maximum absolute atomic E-state index is 12.7. The molecule has 0 saturated carbocycles. The summed E-state index contributed by atoms with van der Waals surface area (Å²) in [5.41, 5.74) is 0.620. The number of thiazole rings is 1. The topological polar surface area (TPSA) is 54.5 Å². The van der Waals surface area contributed by atoms with Gasteiger partial charge in [0.25, 0.3) is 0 Å². The molecule has 128 valence electrons. The molecule has 1 aliphatic heterocycles. The summed E-state index contributed by atoms with van der Waals surface area (Å²) in [5.74, 6) is 0. The van der Waals surface area contributed by atoms with E-state index < -0.39 is 5.60 Å². The summed E-state index contributed by atoms with van der Waals surface area (Å²) >= 11 is 1.57. The molecule has 1 saturated heterocycles. The lowest BCUT2D eigenvalue weighted by atomic mass is 9.94. The predicted octanol–water partition coefficient (Wildman–Crippen LogP) is 3.55. The Bertz CT molecular complexity index is 662. The third kappa shape index (κ3) is 3.60. The molecule has 0 unspecified atom stereocenters. The summed E-state index contributed by atoms with van der Waals surface area (Å²) in [4.78, 5) is 18.9. The average molecular weight is 345 g/mol. The van der Waals surface area contributed by atoms with Crippen LogP contribution < -0.4 is 5.32 Å². The van der Waals surface area contributed by atoms with Crippen LogP contribution in [0.1, 0.15) is 36.9 Å². The first kappa shape index (κ1) is 16.9. The number of nitrogens with one attached hydrogen (secondary N) is 1. The summed E-state index contributed by atoms with van der Waals surface area (Å²) < 4.78 is 6.00. The molecule has 6 heteroatoms. The maximum atomic E-state index is 12.7. The molecular weight excluding hydrogens is 322 g/mol. The Balaban J connectivity index is 1.69. The van der Waals surface area contributed by atoms with Crippen LogP contribution in [-0.4, -0.2) is 35.6 Å². The van der Waals surface area contributed by atoms with E-state index in [2.05, 4.69) is 17.2 Å². The molecule has 0 spiro atoms. The number of urea groups is 1. The number of hydrogen-bond donors (Lipinski definition) is 1. The van der Waals surface area contributed by atoms with E-state index >= 15 is 0 Å². The Morgan fingerprint density at radius 3 is 2.92 bits per heavy atom. The third-order valence-electron chi connectivity index (χ3n) is 4.40. The van der Waals surface area contributed by atoms with Crippen LogP contribution in [0.25, 0.3) is 0 Å². The highest BCUT2D eigenvalue weighted by atomic mass is 32.1. The van der Waals surface area contributed by atoms with Gasteiger partial charge >= 0.3 is 6.03 Å². The largest absolute Gasteiger partial charge is 0.367 e. The number of rotatable bonds is 4. The smallest absolute Gasteiger partial charge is 0.318 e. The monoisotopic (exact) mass is 345 g/mol. The number of ether oxygens (including phenoxy) is 1. The Labute approximate surface area is 146 Å². The Kier molecular flexibility index (Phi) is 5.16. The summed E-state index contributed by atoms with van der Waals surface area (Å²) in [5, 5.41) is 5.99. The molecule has 1 aromatic heterocycles. The third-order valence-corrected chi connectivity index (χ3v) is 5.29. The molecule has 0 aliphatic carbocycles. The minimum atomic E-state index is -0.472. The molecule has 1 aromatic carbocycles. The highest BCUT2D eigenvalue weighted by molar-refractivity contribution is 7.09. The van der Waals surface area contributed by atoms with Crippen molar-refractivity contribution in [2.45, 2.75) is 31.9 Å². The first-order chi connectivity index (χ1) is 11.6. The van der Waals surface area contributed by atoms with Crippen molar-refractivity contribution in [3.05, 3.63) is 52.5 Å². The minimum Gasteiger partial charge on any atom is -0.367 e. The van der Waals surface area contributed by atoms with Gasteiger partial charge in [-0.25, -0.2) is 9.78 Å². The zero-order chi connectivity index (χ0) is 17.0. The maximum Gasteiger partial charge on any atom is 0.318 e. The molecule has 2 atom stereocenters. The van der Waals surface area contributed by atoms with Crippen molar-refractivity contribution in [3.8, 4) is 0 Å². The summed E-state index contributed by atoms with van der Waals surface area (Å²) in [6.07, 6.45) is 2.59. The number of carbonyl (C=O) groups excluding carboxylic acids is 1. The van der Waals surface area contributed by atoms with E-state index in [9.17, 15) is 4.79 Å². The molecule has 1 fully saturated rings. The van der Waals surface area contributed by atoms with Gasteiger partial charge in [-0.2, -0.15) is 0 Å². The van der Waals surface area contributed by atoms with Crippen LogP contribution in [0.15, 0.2) is 41.9 Å². The number of aromatic nitrogens is 1. The molecule has 3 rings (SSSR count). The van der Waals surface area contributed by atoms with E-state index in [1.165, 1.54) is 0 Å². The quantitative estimate of drug-likeness (QED) is 0.922. The highest BCUT2D eigenvalue weighted by Gasteiger charge is 2.36. The lowest BCUT2D eigenvalue weighted by Crippen LogP contribution is -2.53. The van der Waals surface area contributed by atoms with Crippen LogP contribution in [0, 0.1) is 0 Å². The molecule has 0 bridgehead atoms. The number of amides is 2. The van der Waals surface area contributed by atoms with E-state index in [1.54, 1.807) is 17.5 Å². The van der Waals surface area contributed by atoms with Gasteiger partial charge in [0.05, 0.1) is 19.2 Å². The lowest BCUT2D eigenvalue weighted by molar-refractivity contribution is -0.0908. The van der Waals surface area contributed by atoms with Crippen molar-refractivity contribution >= 4 is 17.4 Å². The van der Waals surface area contributed by atoms with E-state index in [1.807, 2.05) is 47.5 Å². The standard InChI is InChI=1S/C18H23N3O2S/c1-3-15(16-19-9-12-24-16)20-17(22)21-10-11-23-18(2,13-21)14-7-5-4-6-8-14/h4-9,12,15H,3,10-11,13H2,1-2H3,(H,20,22)/t15-,18+/m0/s1. The fourth-order valence-electron chi connectivity index (χ4n) is 2.99. The molecule has 24 heavy (non-hydrogen) atoms.